The molecule has 5 nitrogen and oxygen atoms in total. The third-order valence-electron chi connectivity index (χ3n) is 3.97. The van der Waals surface area contributed by atoms with Crippen molar-refractivity contribution < 1.29 is 9.21 Å². The van der Waals surface area contributed by atoms with Crippen molar-refractivity contribution in [3.8, 4) is 0 Å². The maximum Gasteiger partial charge on any atom is 0.321 e. The summed E-state index contributed by atoms with van der Waals surface area (Å²) in [6.07, 6.45) is 4.47. The summed E-state index contributed by atoms with van der Waals surface area (Å²) in [4.78, 5) is 23.9. The number of nitrogens with one attached hydrogen (secondary N) is 2. The number of urea groups is 1. The molecule has 0 fully saturated rings. The fourth-order valence-electron chi connectivity index (χ4n) is 2.50. The van der Waals surface area contributed by atoms with Crippen molar-refractivity contribution in [1.82, 2.24) is 5.32 Å². The van der Waals surface area contributed by atoms with Crippen molar-refractivity contribution in [2.75, 3.05) is 11.9 Å². The number of hydrogen-bond donors (Lipinski definition) is 2. The van der Waals surface area contributed by atoms with Gasteiger partial charge in [0.25, 0.3) is 0 Å². The average Bonchev–Trinajstić information content (AvgIpc) is 2.55. The van der Waals surface area contributed by atoms with Gasteiger partial charge in [0.15, 0.2) is 5.43 Å². The van der Waals surface area contributed by atoms with Gasteiger partial charge in [-0.15, -0.1) is 0 Å². The molecule has 23 heavy (non-hydrogen) atoms. The van der Waals surface area contributed by atoms with E-state index in [2.05, 4.69) is 24.5 Å². The number of carbonyl (C=O) groups excluding carboxylic acids is 1. The number of rotatable bonds is 7. The van der Waals surface area contributed by atoms with E-state index in [0.717, 1.165) is 19.3 Å². The van der Waals surface area contributed by atoms with Crippen LogP contribution in [0.3, 0.4) is 0 Å². The molecular formula is C18H24N2O3. The number of hydrogen-bond acceptors (Lipinski definition) is 3. The van der Waals surface area contributed by atoms with Gasteiger partial charge in [-0.1, -0.05) is 45.2 Å². The monoisotopic (exact) mass is 316 g/mol. The van der Waals surface area contributed by atoms with Crippen LogP contribution in [-0.2, 0) is 0 Å². The van der Waals surface area contributed by atoms with Crippen LogP contribution >= 0.6 is 0 Å². The van der Waals surface area contributed by atoms with Gasteiger partial charge >= 0.3 is 6.03 Å². The van der Waals surface area contributed by atoms with Crippen LogP contribution < -0.4 is 16.1 Å². The molecule has 2 rings (SSSR count). The minimum Gasteiger partial charge on any atom is -0.440 e. The molecular weight excluding hydrogens is 292 g/mol. The predicted octanol–water partition coefficient (Wildman–Crippen LogP) is 4.13. The lowest BCUT2D eigenvalue weighted by atomic mass is 9.99. The molecule has 0 saturated heterocycles. The highest BCUT2D eigenvalue weighted by Crippen LogP contribution is 2.15. The lowest BCUT2D eigenvalue weighted by Crippen LogP contribution is -2.33. The Morgan fingerprint density at radius 1 is 1.26 bits per heavy atom. The number of fused-ring (bicyclic) bond motifs is 1. The molecule has 124 valence electrons. The van der Waals surface area contributed by atoms with E-state index >= 15 is 0 Å². The standard InChI is InChI=1S/C18H24N2O3/c1-3-5-8-13(4-2)12-19-18(22)20-17-11-15(21)14-9-6-7-10-16(14)23-17/h6-7,9-11,13H,3-5,8,12H2,1-2H3,(H2,19,20,22). The van der Waals surface area contributed by atoms with Crippen LogP contribution in [0.4, 0.5) is 10.7 Å². The highest BCUT2D eigenvalue weighted by molar-refractivity contribution is 5.89. The van der Waals surface area contributed by atoms with Gasteiger partial charge < -0.3 is 9.73 Å². The second-order valence-electron chi connectivity index (χ2n) is 5.72. The maximum absolute atomic E-state index is 12.0. The Morgan fingerprint density at radius 3 is 2.78 bits per heavy atom. The Kier molecular flexibility index (Phi) is 6.20. The summed E-state index contributed by atoms with van der Waals surface area (Å²) in [5, 5.41) is 5.94. The Morgan fingerprint density at radius 2 is 2.04 bits per heavy atom. The number of benzene rings is 1. The molecule has 0 saturated carbocycles. The highest BCUT2D eigenvalue weighted by atomic mass is 16.4. The predicted molar refractivity (Wildman–Crippen MR) is 92.8 cm³/mol. The Balaban J connectivity index is 1.96. The van der Waals surface area contributed by atoms with E-state index in [1.165, 1.54) is 12.5 Å². The zero-order chi connectivity index (χ0) is 16.7. The molecule has 1 aromatic heterocycles. The van der Waals surface area contributed by atoms with Gasteiger partial charge in [-0.25, -0.2) is 4.79 Å². The van der Waals surface area contributed by atoms with Crippen LogP contribution in [0.15, 0.2) is 39.5 Å². The molecule has 0 radical (unpaired) electrons. The van der Waals surface area contributed by atoms with Crippen LogP contribution in [0.2, 0.25) is 0 Å². The SMILES string of the molecule is CCCCC(CC)CNC(=O)Nc1cc(=O)c2ccccc2o1. The summed E-state index contributed by atoms with van der Waals surface area (Å²) in [6.45, 7) is 4.91. The van der Waals surface area contributed by atoms with Crippen molar-refractivity contribution in [3.63, 3.8) is 0 Å². The normalized spacial score (nSPS) is 12.1. The maximum atomic E-state index is 12.0. The van der Waals surface area contributed by atoms with E-state index in [4.69, 9.17) is 4.42 Å². The number of para-hydroxylation sites is 1. The van der Waals surface area contributed by atoms with E-state index in [-0.39, 0.29) is 17.3 Å². The van der Waals surface area contributed by atoms with Gasteiger partial charge in [-0.05, 0) is 24.5 Å². The first-order valence-electron chi connectivity index (χ1n) is 8.21. The summed E-state index contributed by atoms with van der Waals surface area (Å²) in [5.74, 6) is 0.636. The number of amides is 2. The molecule has 1 heterocycles. The van der Waals surface area contributed by atoms with Crippen molar-refractivity contribution in [2.24, 2.45) is 5.92 Å². The fourth-order valence-corrected chi connectivity index (χ4v) is 2.50. The van der Waals surface area contributed by atoms with Crippen LogP contribution in [0.5, 0.6) is 0 Å². The first-order chi connectivity index (χ1) is 11.1. The molecule has 0 spiro atoms. The molecule has 2 N–H and O–H groups in total. The number of unbranched alkanes of at least 4 members (excludes halogenated alkanes) is 1. The minimum atomic E-state index is -0.349. The molecule has 1 aromatic carbocycles. The Labute approximate surface area is 136 Å². The van der Waals surface area contributed by atoms with Gasteiger partial charge in [0.1, 0.15) is 5.58 Å². The lowest BCUT2D eigenvalue weighted by Gasteiger charge is -2.15. The second-order valence-corrected chi connectivity index (χ2v) is 5.72. The number of anilines is 1. The molecule has 1 atom stereocenters. The van der Waals surface area contributed by atoms with E-state index in [1.54, 1.807) is 24.3 Å². The van der Waals surface area contributed by atoms with Crippen LogP contribution in [-0.4, -0.2) is 12.6 Å². The van der Waals surface area contributed by atoms with E-state index in [1.807, 2.05) is 0 Å². The number of carbonyl (C=O) groups is 1. The second kappa shape index (κ2) is 8.36. The summed E-state index contributed by atoms with van der Waals surface area (Å²) >= 11 is 0. The minimum absolute atomic E-state index is 0.160. The van der Waals surface area contributed by atoms with Crippen molar-refractivity contribution in [2.45, 2.75) is 39.5 Å². The summed E-state index contributed by atoms with van der Waals surface area (Å²) in [5.41, 5.74) is 0.293. The molecule has 1 unspecified atom stereocenters. The first kappa shape index (κ1) is 17.1. The van der Waals surface area contributed by atoms with Gasteiger partial charge in [0.05, 0.1) is 5.39 Å². The summed E-state index contributed by atoms with van der Waals surface area (Å²) in [7, 11) is 0. The Hall–Kier alpha value is -2.30. The van der Waals surface area contributed by atoms with Crippen LogP contribution in [0, 0.1) is 5.92 Å². The summed E-state index contributed by atoms with van der Waals surface area (Å²) < 4.78 is 5.54. The molecule has 2 amide bonds. The van der Waals surface area contributed by atoms with Crippen LogP contribution in [0.1, 0.15) is 39.5 Å². The lowest BCUT2D eigenvalue weighted by molar-refractivity contribution is 0.249. The van der Waals surface area contributed by atoms with E-state index < -0.39 is 0 Å². The molecule has 0 aliphatic rings. The van der Waals surface area contributed by atoms with Crippen molar-refractivity contribution in [3.05, 3.63) is 40.6 Å². The van der Waals surface area contributed by atoms with Crippen molar-refractivity contribution in [1.29, 1.82) is 0 Å². The smallest absolute Gasteiger partial charge is 0.321 e. The van der Waals surface area contributed by atoms with E-state index in [0.29, 0.717) is 23.4 Å². The van der Waals surface area contributed by atoms with Gasteiger partial charge in [0, 0.05) is 12.6 Å². The third-order valence-corrected chi connectivity index (χ3v) is 3.97. The molecule has 2 aromatic rings. The molecule has 0 aliphatic heterocycles. The fraction of sp³-hybridized carbons (Fsp3) is 0.444. The van der Waals surface area contributed by atoms with Gasteiger partial charge in [0.2, 0.25) is 5.88 Å². The first-order valence-corrected chi connectivity index (χ1v) is 8.21. The largest absolute Gasteiger partial charge is 0.440 e. The zero-order valence-electron chi connectivity index (χ0n) is 13.7. The third kappa shape index (κ3) is 4.84. The van der Waals surface area contributed by atoms with Gasteiger partial charge in [-0.2, -0.15) is 0 Å². The highest BCUT2D eigenvalue weighted by Gasteiger charge is 2.10. The average molecular weight is 316 g/mol. The zero-order valence-corrected chi connectivity index (χ0v) is 13.7. The molecule has 5 heteroatoms. The summed E-state index contributed by atoms with van der Waals surface area (Å²) in [6, 6.07) is 7.92. The van der Waals surface area contributed by atoms with Crippen LogP contribution in [0.25, 0.3) is 11.0 Å². The van der Waals surface area contributed by atoms with E-state index in [9.17, 15) is 9.59 Å². The van der Waals surface area contributed by atoms with Gasteiger partial charge in [-0.3, -0.25) is 10.1 Å². The Bertz CT molecular complexity index is 709. The molecule has 0 bridgehead atoms. The van der Waals surface area contributed by atoms with Crippen molar-refractivity contribution >= 4 is 22.9 Å². The topological polar surface area (TPSA) is 71.3 Å². The molecule has 0 aliphatic carbocycles. The quantitative estimate of drug-likeness (QED) is 0.806.